The summed E-state index contributed by atoms with van der Waals surface area (Å²) >= 11 is 1.76. The summed E-state index contributed by atoms with van der Waals surface area (Å²) in [5.74, 6) is 0. The van der Waals surface area contributed by atoms with Crippen molar-refractivity contribution in [3.63, 3.8) is 0 Å². The van der Waals surface area contributed by atoms with Gasteiger partial charge in [-0.15, -0.1) is 11.3 Å². The number of nitrogens with one attached hydrogen (secondary N) is 1. The van der Waals surface area contributed by atoms with Crippen molar-refractivity contribution < 1.29 is 0 Å². The molecule has 0 aromatic carbocycles. The molecule has 0 unspecified atom stereocenters. The number of hydrogen-bond acceptors (Lipinski definition) is 5. The van der Waals surface area contributed by atoms with Crippen molar-refractivity contribution in [3.8, 4) is 0 Å². The minimum absolute atomic E-state index is 0.787. The van der Waals surface area contributed by atoms with Crippen LogP contribution in [0.25, 0.3) is 0 Å². The lowest BCUT2D eigenvalue weighted by Gasteiger charge is -2.15. The van der Waals surface area contributed by atoms with Crippen LogP contribution in [0.5, 0.6) is 0 Å². The Labute approximate surface area is 124 Å². The van der Waals surface area contributed by atoms with E-state index < -0.39 is 0 Å². The van der Waals surface area contributed by atoms with E-state index in [0.717, 1.165) is 41.8 Å². The molecule has 0 bridgehead atoms. The highest BCUT2D eigenvalue weighted by Gasteiger charge is 2.11. The van der Waals surface area contributed by atoms with Crippen LogP contribution in [0.3, 0.4) is 0 Å². The molecule has 5 heteroatoms. The topological polar surface area (TPSA) is 41.0 Å². The second kappa shape index (κ2) is 6.81. The maximum absolute atomic E-state index is 4.66. The Morgan fingerprint density at radius 3 is 2.75 bits per heavy atom. The van der Waals surface area contributed by atoms with Crippen molar-refractivity contribution in [2.24, 2.45) is 0 Å². The summed E-state index contributed by atoms with van der Waals surface area (Å²) in [7, 11) is 2.07. The molecule has 2 heterocycles. The van der Waals surface area contributed by atoms with Crippen molar-refractivity contribution in [3.05, 3.63) is 40.2 Å². The first-order valence-corrected chi connectivity index (χ1v) is 7.72. The highest BCUT2D eigenvalue weighted by Crippen LogP contribution is 2.26. The van der Waals surface area contributed by atoms with Crippen molar-refractivity contribution in [1.82, 2.24) is 15.3 Å². The van der Waals surface area contributed by atoms with Gasteiger partial charge in [-0.3, -0.25) is 4.98 Å². The van der Waals surface area contributed by atoms with E-state index >= 15 is 0 Å². The molecular weight excluding hydrogens is 268 g/mol. The summed E-state index contributed by atoms with van der Waals surface area (Å²) in [6.07, 6.45) is 0. The van der Waals surface area contributed by atoms with E-state index in [-0.39, 0.29) is 0 Å². The third-order valence-electron chi connectivity index (χ3n) is 3.09. The molecule has 1 N–H and O–H groups in total. The van der Waals surface area contributed by atoms with Crippen LogP contribution in [0.2, 0.25) is 0 Å². The molecule has 0 atom stereocenters. The monoisotopic (exact) mass is 290 g/mol. The minimum Gasteiger partial charge on any atom is -0.345 e. The summed E-state index contributed by atoms with van der Waals surface area (Å²) in [5.41, 5.74) is 3.25. The van der Waals surface area contributed by atoms with Gasteiger partial charge >= 0.3 is 0 Å². The van der Waals surface area contributed by atoms with E-state index in [4.69, 9.17) is 0 Å². The molecule has 108 valence electrons. The van der Waals surface area contributed by atoms with Crippen LogP contribution in [-0.2, 0) is 13.1 Å². The van der Waals surface area contributed by atoms with E-state index in [1.54, 1.807) is 11.3 Å². The molecule has 0 saturated heterocycles. The standard InChI is InChI=1S/C15H22N4S/c1-5-16-9-14-12(3)18-15(20-14)19(4)10-13-8-6-7-11(2)17-13/h6-8,16H,5,9-10H2,1-4H3. The van der Waals surface area contributed by atoms with Gasteiger partial charge < -0.3 is 10.2 Å². The molecule has 0 amide bonds. The number of aromatic nitrogens is 2. The highest BCUT2D eigenvalue weighted by molar-refractivity contribution is 7.15. The second-order valence-corrected chi connectivity index (χ2v) is 5.97. The van der Waals surface area contributed by atoms with Crippen molar-refractivity contribution >= 4 is 16.5 Å². The van der Waals surface area contributed by atoms with Crippen molar-refractivity contribution in [2.75, 3.05) is 18.5 Å². The fraction of sp³-hybridized carbons (Fsp3) is 0.467. The molecule has 0 spiro atoms. The van der Waals surface area contributed by atoms with Crippen LogP contribution in [0.15, 0.2) is 18.2 Å². The maximum atomic E-state index is 4.66. The fourth-order valence-corrected chi connectivity index (χ4v) is 2.97. The molecule has 2 aromatic heterocycles. The Morgan fingerprint density at radius 2 is 2.05 bits per heavy atom. The van der Waals surface area contributed by atoms with E-state index in [2.05, 4.69) is 53.2 Å². The molecule has 20 heavy (non-hydrogen) atoms. The molecule has 0 aliphatic heterocycles. The van der Waals surface area contributed by atoms with Crippen LogP contribution < -0.4 is 10.2 Å². The van der Waals surface area contributed by atoms with Crippen LogP contribution in [0.1, 0.15) is 28.9 Å². The summed E-state index contributed by atoms with van der Waals surface area (Å²) in [6, 6.07) is 6.13. The third kappa shape index (κ3) is 3.77. The van der Waals surface area contributed by atoms with Crippen LogP contribution in [0.4, 0.5) is 5.13 Å². The van der Waals surface area contributed by atoms with Crippen LogP contribution in [-0.4, -0.2) is 23.6 Å². The first-order valence-electron chi connectivity index (χ1n) is 6.91. The molecule has 0 radical (unpaired) electrons. The number of rotatable bonds is 6. The molecule has 2 aromatic rings. The maximum Gasteiger partial charge on any atom is 0.185 e. The lowest BCUT2D eigenvalue weighted by atomic mass is 10.3. The highest BCUT2D eigenvalue weighted by atomic mass is 32.1. The quantitative estimate of drug-likeness (QED) is 0.888. The smallest absolute Gasteiger partial charge is 0.185 e. The van der Waals surface area contributed by atoms with E-state index in [9.17, 15) is 0 Å². The van der Waals surface area contributed by atoms with Crippen LogP contribution >= 0.6 is 11.3 Å². The Bertz CT molecular complexity index is 565. The number of hydrogen-bond donors (Lipinski definition) is 1. The molecule has 0 saturated carbocycles. The number of nitrogens with zero attached hydrogens (tertiary/aromatic N) is 3. The predicted octanol–water partition coefficient (Wildman–Crippen LogP) is 2.90. The van der Waals surface area contributed by atoms with Gasteiger partial charge in [0.05, 0.1) is 17.9 Å². The fourth-order valence-electron chi connectivity index (χ4n) is 1.98. The SMILES string of the molecule is CCNCc1sc(N(C)Cc2cccc(C)n2)nc1C. The van der Waals surface area contributed by atoms with Gasteiger partial charge in [-0.2, -0.15) is 0 Å². The van der Waals surface area contributed by atoms with Crippen molar-refractivity contribution in [2.45, 2.75) is 33.9 Å². The Hall–Kier alpha value is -1.46. The summed E-state index contributed by atoms with van der Waals surface area (Å²) in [5, 5.41) is 4.41. The lowest BCUT2D eigenvalue weighted by molar-refractivity contribution is 0.731. The number of thiazole rings is 1. The zero-order valence-corrected chi connectivity index (χ0v) is 13.4. The summed E-state index contributed by atoms with van der Waals surface area (Å²) < 4.78 is 0. The predicted molar refractivity (Wildman–Crippen MR) is 85.3 cm³/mol. The first kappa shape index (κ1) is 14.9. The van der Waals surface area contributed by atoms with E-state index in [1.165, 1.54) is 4.88 Å². The Balaban J connectivity index is 2.07. The van der Waals surface area contributed by atoms with Gasteiger partial charge in [0.2, 0.25) is 0 Å². The molecule has 0 aliphatic rings. The van der Waals surface area contributed by atoms with Gasteiger partial charge in [-0.25, -0.2) is 4.98 Å². The molecule has 0 aliphatic carbocycles. The molecule has 0 fully saturated rings. The van der Waals surface area contributed by atoms with Crippen LogP contribution in [0, 0.1) is 13.8 Å². The van der Waals surface area contributed by atoms with Crippen molar-refractivity contribution in [1.29, 1.82) is 0 Å². The first-order chi connectivity index (χ1) is 9.60. The third-order valence-corrected chi connectivity index (χ3v) is 4.36. The van der Waals surface area contributed by atoms with E-state index in [0.29, 0.717) is 0 Å². The van der Waals surface area contributed by atoms with Gasteiger partial charge in [-0.1, -0.05) is 13.0 Å². The molecular formula is C15H22N4S. The summed E-state index contributed by atoms with van der Waals surface area (Å²) in [4.78, 5) is 12.7. The Morgan fingerprint density at radius 1 is 1.25 bits per heavy atom. The zero-order valence-electron chi connectivity index (χ0n) is 12.6. The minimum atomic E-state index is 0.787. The van der Waals surface area contributed by atoms with E-state index in [1.807, 2.05) is 13.0 Å². The normalized spacial score (nSPS) is 10.8. The van der Waals surface area contributed by atoms with Gasteiger partial charge in [0.15, 0.2) is 5.13 Å². The van der Waals surface area contributed by atoms with Gasteiger partial charge in [0, 0.05) is 24.2 Å². The Kier molecular flexibility index (Phi) is 5.09. The summed E-state index contributed by atoms with van der Waals surface area (Å²) in [6.45, 7) is 8.88. The average molecular weight is 290 g/mol. The second-order valence-electron chi connectivity index (χ2n) is 4.91. The zero-order chi connectivity index (χ0) is 14.5. The number of anilines is 1. The lowest BCUT2D eigenvalue weighted by Crippen LogP contribution is -2.17. The van der Waals surface area contributed by atoms with Gasteiger partial charge in [-0.05, 0) is 32.5 Å². The number of pyridine rings is 1. The average Bonchev–Trinajstić information content (AvgIpc) is 2.78. The molecule has 4 nitrogen and oxygen atoms in total. The van der Waals surface area contributed by atoms with Gasteiger partial charge in [0.25, 0.3) is 0 Å². The largest absolute Gasteiger partial charge is 0.345 e. The molecule has 2 rings (SSSR count). The number of aryl methyl sites for hydroxylation is 2. The van der Waals surface area contributed by atoms with Gasteiger partial charge in [0.1, 0.15) is 0 Å².